The molecule has 0 spiro atoms. The van der Waals surface area contributed by atoms with Gasteiger partial charge in [0, 0.05) is 24.8 Å². The largest absolute Gasteiger partial charge is 0.370 e. The van der Waals surface area contributed by atoms with E-state index in [1.807, 2.05) is 20.0 Å². The van der Waals surface area contributed by atoms with Crippen LogP contribution in [0.25, 0.3) is 0 Å². The van der Waals surface area contributed by atoms with Crippen molar-refractivity contribution in [1.29, 1.82) is 0 Å². The molecule has 0 atom stereocenters. The van der Waals surface area contributed by atoms with E-state index in [0.29, 0.717) is 0 Å². The smallest absolute Gasteiger partial charge is 0.134 e. The van der Waals surface area contributed by atoms with Crippen molar-refractivity contribution in [3.8, 4) is 0 Å². The van der Waals surface area contributed by atoms with Crippen molar-refractivity contribution in [1.82, 2.24) is 25.0 Å². The monoisotopic (exact) mass is 247 g/mol. The Morgan fingerprint density at radius 3 is 2.67 bits per heavy atom. The van der Waals surface area contributed by atoms with Crippen molar-refractivity contribution in [3.05, 3.63) is 24.3 Å². The highest BCUT2D eigenvalue weighted by molar-refractivity contribution is 5.56. The summed E-state index contributed by atoms with van der Waals surface area (Å²) in [7, 11) is 0. The van der Waals surface area contributed by atoms with E-state index in [1.165, 1.54) is 0 Å². The molecule has 0 bridgehead atoms. The van der Waals surface area contributed by atoms with Gasteiger partial charge in [-0.05, 0) is 13.8 Å². The van der Waals surface area contributed by atoms with E-state index in [0.717, 1.165) is 36.8 Å². The molecule has 96 valence electrons. The number of rotatable bonds is 6. The van der Waals surface area contributed by atoms with Gasteiger partial charge < -0.3 is 10.6 Å². The Bertz CT molecular complexity index is 480. The minimum absolute atomic E-state index is 0.743. The van der Waals surface area contributed by atoms with Gasteiger partial charge in [0.05, 0.1) is 12.7 Å². The molecule has 2 aromatic heterocycles. The van der Waals surface area contributed by atoms with Crippen LogP contribution in [-0.2, 0) is 6.54 Å². The number of aromatic nitrogens is 5. The molecular formula is C11H17N7. The minimum Gasteiger partial charge on any atom is -0.370 e. The Balaban J connectivity index is 1.94. The van der Waals surface area contributed by atoms with E-state index in [-0.39, 0.29) is 0 Å². The highest BCUT2D eigenvalue weighted by atomic mass is 15.4. The van der Waals surface area contributed by atoms with E-state index in [2.05, 4.69) is 30.9 Å². The maximum absolute atomic E-state index is 4.23. The van der Waals surface area contributed by atoms with Crippen LogP contribution >= 0.6 is 0 Å². The van der Waals surface area contributed by atoms with Crippen molar-refractivity contribution in [3.63, 3.8) is 0 Å². The third-order valence-electron chi connectivity index (χ3n) is 2.53. The molecule has 2 rings (SSSR count). The van der Waals surface area contributed by atoms with Crippen LogP contribution in [0, 0.1) is 6.92 Å². The van der Waals surface area contributed by atoms with Gasteiger partial charge in [0.25, 0.3) is 0 Å². The van der Waals surface area contributed by atoms with Gasteiger partial charge in [-0.2, -0.15) is 0 Å². The van der Waals surface area contributed by atoms with Crippen molar-refractivity contribution in [2.75, 3.05) is 23.7 Å². The topological polar surface area (TPSA) is 80.5 Å². The SMILES string of the molecule is CCNc1ncnc(NCCn2ccnn2)c1C. The zero-order valence-electron chi connectivity index (χ0n) is 10.6. The molecule has 0 radical (unpaired) electrons. The molecular weight excluding hydrogens is 230 g/mol. The van der Waals surface area contributed by atoms with Crippen LogP contribution in [0.1, 0.15) is 12.5 Å². The molecule has 7 heteroatoms. The third-order valence-corrected chi connectivity index (χ3v) is 2.53. The number of hydrogen-bond donors (Lipinski definition) is 2. The summed E-state index contributed by atoms with van der Waals surface area (Å²) in [5.41, 5.74) is 1.03. The Morgan fingerprint density at radius 2 is 2.00 bits per heavy atom. The lowest BCUT2D eigenvalue weighted by molar-refractivity contribution is 0.608. The first-order valence-corrected chi connectivity index (χ1v) is 5.94. The van der Waals surface area contributed by atoms with Gasteiger partial charge in [0.2, 0.25) is 0 Å². The average molecular weight is 247 g/mol. The molecule has 2 heterocycles. The highest BCUT2D eigenvalue weighted by Gasteiger charge is 2.05. The third kappa shape index (κ3) is 2.93. The van der Waals surface area contributed by atoms with E-state index < -0.39 is 0 Å². The number of anilines is 2. The van der Waals surface area contributed by atoms with Crippen LogP contribution in [0.15, 0.2) is 18.7 Å². The molecule has 2 aromatic rings. The van der Waals surface area contributed by atoms with Crippen LogP contribution in [0.3, 0.4) is 0 Å². The fraction of sp³-hybridized carbons (Fsp3) is 0.455. The molecule has 0 aromatic carbocycles. The van der Waals surface area contributed by atoms with E-state index in [4.69, 9.17) is 0 Å². The second-order valence-electron chi connectivity index (χ2n) is 3.82. The molecule has 0 aliphatic heterocycles. The average Bonchev–Trinajstić information content (AvgIpc) is 2.87. The Kier molecular flexibility index (Phi) is 4.06. The first-order chi connectivity index (χ1) is 8.81. The maximum Gasteiger partial charge on any atom is 0.134 e. The molecule has 7 nitrogen and oxygen atoms in total. The van der Waals surface area contributed by atoms with Crippen molar-refractivity contribution >= 4 is 11.6 Å². The predicted octanol–water partition coefficient (Wildman–Crippen LogP) is 0.920. The summed E-state index contributed by atoms with van der Waals surface area (Å²) in [5.74, 6) is 1.72. The molecule has 0 aliphatic carbocycles. The van der Waals surface area contributed by atoms with Gasteiger partial charge in [-0.15, -0.1) is 5.10 Å². The lowest BCUT2D eigenvalue weighted by Gasteiger charge is -2.11. The normalized spacial score (nSPS) is 10.3. The summed E-state index contributed by atoms with van der Waals surface area (Å²) in [6.07, 6.45) is 5.06. The fourth-order valence-corrected chi connectivity index (χ4v) is 1.61. The summed E-state index contributed by atoms with van der Waals surface area (Å²) in [5, 5.41) is 14.1. The van der Waals surface area contributed by atoms with Crippen LogP contribution in [0.4, 0.5) is 11.6 Å². The summed E-state index contributed by atoms with van der Waals surface area (Å²) in [6.45, 7) is 6.37. The summed E-state index contributed by atoms with van der Waals surface area (Å²) in [6, 6.07) is 0. The van der Waals surface area contributed by atoms with Crippen LogP contribution in [0.5, 0.6) is 0 Å². The van der Waals surface area contributed by atoms with E-state index >= 15 is 0 Å². The molecule has 0 unspecified atom stereocenters. The van der Waals surface area contributed by atoms with Crippen LogP contribution < -0.4 is 10.6 Å². The Hall–Kier alpha value is -2.18. The molecule has 2 N–H and O–H groups in total. The van der Waals surface area contributed by atoms with Gasteiger partial charge in [-0.3, -0.25) is 4.68 Å². The fourth-order valence-electron chi connectivity index (χ4n) is 1.61. The predicted molar refractivity (Wildman–Crippen MR) is 69.4 cm³/mol. The highest BCUT2D eigenvalue weighted by Crippen LogP contribution is 2.17. The zero-order chi connectivity index (χ0) is 12.8. The van der Waals surface area contributed by atoms with Gasteiger partial charge in [-0.1, -0.05) is 5.21 Å². The van der Waals surface area contributed by atoms with E-state index in [1.54, 1.807) is 17.2 Å². The van der Waals surface area contributed by atoms with Crippen molar-refractivity contribution in [2.24, 2.45) is 0 Å². The lowest BCUT2D eigenvalue weighted by Crippen LogP contribution is -2.14. The minimum atomic E-state index is 0.743. The molecule has 0 saturated carbocycles. The Morgan fingerprint density at radius 1 is 1.22 bits per heavy atom. The standard InChI is InChI=1S/C11H17N7/c1-3-12-10-9(2)11(15-8-14-10)13-4-6-18-7-5-16-17-18/h5,7-8H,3-4,6H2,1-2H3,(H2,12,13,14,15). The molecule has 0 fully saturated rings. The van der Waals surface area contributed by atoms with E-state index in [9.17, 15) is 0 Å². The van der Waals surface area contributed by atoms with Gasteiger partial charge in [0.1, 0.15) is 18.0 Å². The van der Waals surface area contributed by atoms with Crippen molar-refractivity contribution < 1.29 is 0 Å². The van der Waals surface area contributed by atoms with Crippen molar-refractivity contribution in [2.45, 2.75) is 20.4 Å². The summed E-state index contributed by atoms with van der Waals surface area (Å²) in [4.78, 5) is 8.43. The first kappa shape index (κ1) is 12.3. The Labute approximate surface area is 106 Å². The molecule has 0 amide bonds. The number of nitrogens with zero attached hydrogens (tertiary/aromatic N) is 5. The number of hydrogen-bond acceptors (Lipinski definition) is 6. The van der Waals surface area contributed by atoms with Gasteiger partial charge >= 0.3 is 0 Å². The first-order valence-electron chi connectivity index (χ1n) is 5.94. The molecule has 18 heavy (non-hydrogen) atoms. The lowest BCUT2D eigenvalue weighted by atomic mass is 10.3. The van der Waals surface area contributed by atoms with Gasteiger partial charge in [0.15, 0.2) is 0 Å². The van der Waals surface area contributed by atoms with Crippen LogP contribution in [-0.4, -0.2) is 38.1 Å². The quantitative estimate of drug-likeness (QED) is 0.790. The summed E-state index contributed by atoms with van der Waals surface area (Å²) >= 11 is 0. The second-order valence-corrected chi connectivity index (χ2v) is 3.82. The summed E-state index contributed by atoms with van der Waals surface area (Å²) < 4.78 is 1.77. The maximum atomic E-state index is 4.23. The second kappa shape index (κ2) is 5.95. The van der Waals surface area contributed by atoms with Crippen LogP contribution in [0.2, 0.25) is 0 Å². The van der Waals surface area contributed by atoms with Gasteiger partial charge in [-0.25, -0.2) is 9.97 Å². The zero-order valence-corrected chi connectivity index (χ0v) is 10.6. The number of nitrogens with one attached hydrogen (secondary N) is 2. The molecule has 0 aliphatic rings. The molecule has 0 saturated heterocycles.